The van der Waals surface area contributed by atoms with Crippen LogP contribution in [0.2, 0.25) is 0 Å². The molecule has 3 rings (SSSR count). The topological polar surface area (TPSA) is 75.2 Å². The van der Waals surface area contributed by atoms with Crippen molar-refractivity contribution in [1.29, 1.82) is 0 Å². The second kappa shape index (κ2) is 5.79. The Morgan fingerprint density at radius 3 is 2.67 bits per heavy atom. The summed E-state index contributed by atoms with van der Waals surface area (Å²) >= 11 is 0. The van der Waals surface area contributed by atoms with Crippen molar-refractivity contribution in [2.24, 2.45) is 0 Å². The Morgan fingerprint density at radius 1 is 1.24 bits per heavy atom. The van der Waals surface area contributed by atoms with Crippen LogP contribution in [0.5, 0.6) is 0 Å². The van der Waals surface area contributed by atoms with Crippen LogP contribution in [0.3, 0.4) is 0 Å². The molecule has 1 unspecified atom stereocenters. The fraction of sp³-hybridized carbons (Fsp3) is 0.714. The van der Waals surface area contributed by atoms with E-state index in [4.69, 9.17) is 0 Å². The number of piperidine rings is 1. The number of anilines is 2. The van der Waals surface area contributed by atoms with E-state index in [1.807, 2.05) is 13.0 Å². The maximum Gasteiger partial charge on any atom is 0.152 e. The lowest BCUT2D eigenvalue weighted by molar-refractivity contribution is 0.572. The van der Waals surface area contributed by atoms with Crippen LogP contribution in [-0.4, -0.2) is 49.0 Å². The van der Waals surface area contributed by atoms with E-state index < -0.39 is 9.84 Å². The summed E-state index contributed by atoms with van der Waals surface area (Å²) in [5, 5.41) is 3.26. The first-order valence-corrected chi connectivity index (χ1v) is 9.42. The third-order valence-corrected chi connectivity index (χ3v) is 5.86. The zero-order valence-electron chi connectivity index (χ0n) is 12.4. The van der Waals surface area contributed by atoms with Gasteiger partial charge in [0.25, 0.3) is 0 Å². The van der Waals surface area contributed by atoms with E-state index in [1.54, 1.807) is 0 Å². The Hall–Kier alpha value is -1.37. The van der Waals surface area contributed by atoms with Gasteiger partial charge in [-0.1, -0.05) is 0 Å². The van der Waals surface area contributed by atoms with Crippen LogP contribution in [0, 0.1) is 6.92 Å². The van der Waals surface area contributed by atoms with Gasteiger partial charge in [0.2, 0.25) is 0 Å². The summed E-state index contributed by atoms with van der Waals surface area (Å²) in [6, 6.07) is 1.92. The van der Waals surface area contributed by atoms with Crippen LogP contribution in [0.25, 0.3) is 0 Å². The fourth-order valence-corrected chi connectivity index (χ4v) is 4.70. The van der Waals surface area contributed by atoms with Crippen LogP contribution in [0.4, 0.5) is 11.6 Å². The first-order chi connectivity index (χ1) is 10.0. The van der Waals surface area contributed by atoms with Crippen LogP contribution < -0.4 is 10.2 Å². The summed E-state index contributed by atoms with van der Waals surface area (Å²) in [5.74, 6) is 2.89. The van der Waals surface area contributed by atoms with Crippen molar-refractivity contribution in [2.45, 2.75) is 38.6 Å². The Kier molecular flexibility index (Phi) is 4.01. The Labute approximate surface area is 125 Å². The van der Waals surface area contributed by atoms with Gasteiger partial charge in [-0.3, -0.25) is 0 Å². The van der Waals surface area contributed by atoms with E-state index in [9.17, 15) is 8.42 Å². The summed E-state index contributed by atoms with van der Waals surface area (Å²) < 4.78 is 23.1. The number of hydrogen-bond acceptors (Lipinski definition) is 6. The molecule has 2 aliphatic heterocycles. The summed E-state index contributed by atoms with van der Waals surface area (Å²) in [5.41, 5.74) is 0. The molecular weight excluding hydrogens is 288 g/mol. The second-order valence-electron chi connectivity index (χ2n) is 5.95. The van der Waals surface area contributed by atoms with E-state index in [1.165, 1.54) is 19.3 Å². The Bertz CT molecular complexity index is 611. The van der Waals surface area contributed by atoms with Crippen LogP contribution in [0.1, 0.15) is 31.5 Å². The van der Waals surface area contributed by atoms with Gasteiger partial charge in [-0.25, -0.2) is 18.4 Å². The molecule has 0 saturated carbocycles. The molecular formula is C14H22N4O2S. The molecule has 0 spiro atoms. The number of rotatable bonds is 3. The minimum Gasteiger partial charge on any atom is -0.366 e. The fourth-order valence-electron chi connectivity index (χ4n) is 3.03. The summed E-state index contributed by atoms with van der Waals surface area (Å²) in [6.07, 6.45) is 4.34. The third-order valence-electron chi connectivity index (χ3n) is 4.09. The lowest BCUT2D eigenvalue weighted by atomic mass is 10.1. The Morgan fingerprint density at radius 2 is 2.00 bits per heavy atom. The largest absolute Gasteiger partial charge is 0.366 e. The molecule has 2 aliphatic rings. The van der Waals surface area contributed by atoms with Gasteiger partial charge in [-0.15, -0.1) is 0 Å². The van der Waals surface area contributed by atoms with Gasteiger partial charge in [-0.05, 0) is 32.6 Å². The molecule has 2 fully saturated rings. The van der Waals surface area contributed by atoms with E-state index in [-0.39, 0.29) is 17.5 Å². The maximum atomic E-state index is 11.5. The number of aromatic nitrogens is 2. The molecule has 0 radical (unpaired) electrons. The minimum atomic E-state index is -2.87. The number of nitrogens with one attached hydrogen (secondary N) is 1. The molecule has 3 heterocycles. The van der Waals surface area contributed by atoms with E-state index in [0.717, 1.165) is 30.5 Å². The van der Waals surface area contributed by atoms with E-state index in [2.05, 4.69) is 20.2 Å². The zero-order chi connectivity index (χ0) is 14.9. The van der Waals surface area contributed by atoms with Crippen LogP contribution in [0.15, 0.2) is 6.07 Å². The standard InChI is InChI=1S/C14H22N4O2S/c1-11-15-13(17-12-5-8-21(19,20)10-12)9-14(16-11)18-6-3-2-4-7-18/h9,12H,2-8,10H2,1H3,(H,15,16,17). The SMILES string of the molecule is Cc1nc(NC2CCS(=O)(=O)C2)cc(N2CCCCC2)n1. The van der Waals surface area contributed by atoms with Gasteiger partial charge in [0.15, 0.2) is 9.84 Å². The third kappa shape index (κ3) is 3.64. The molecule has 6 nitrogen and oxygen atoms in total. The molecule has 1 atom stereocenters. The molecule has 1 aromatic heterocycles. The van der Waals surface area contributed by atoms with Crippen molar-refractivity contribution in [3.8, 4) is 0 Å². The van der Waals surface area contributed by atoms with Gasteiger partial charge < -0.3 is 10.2 Å². The van der Waals surface area contributed by atoms with Crippen molar-refractivity contribution in [2.75, 3.05) is 34.8 Å². The van der Waals surface area contributed by atoms with Gasteiger partial charge >= 0.3 is 0 Å². The summed E-state index contributed by atoms with van der Waals surface area (Å²) in [6.45, 7) is 3.95. The van der Waals surface area contributed by atoms with Crippen molar-refractivity contribution >= 4 is 21.5 Å². The average molecular weight is 310 g/mol. The molecule has 1 N–H and O–H groups in total. The number of nitrogens with zero attached hydrogens (tertiary/aromatic N) is 3. The molecule has 0 aliphatic carbocycles. The lowest BCUT2D eigenvalue weighted by Gasteiger charge is -2.28. The highest BCUT2D eigenvalue weighted by Crippen LogP contribution is 2.22. The van der Waals surface area contributed by atoms with Crippen LogP contribution >= 0.6 is 0 Å². The highest BCUT2D eigenvalue weighted by Gasteiger charge is 2.28. The average Bonchev–Trinajstić information content (AvgIpc) is 2.78. The van der Waals surface area contributed by atoms with Crippen molar-refractivity contribution in [3.05, 3.63) is 11.9 Å². The molecule has 2 saturated heterocycles. The quantitative estimate of drug-likeness (QED) is 0.909. The number of aryl methyl sites for hydroxylation is 1. The van der Waals surface area contributed by atoms with Gasteiger partial charge in [-0.2, -0.15) is 0 Å². The predicted molar refractivity (Wildman–Crippen MR) is 83.5 cm³/mol. The number of sulfone groups is 1. The summed E-state index contributed by atoms with van der Waals surface area (Å²) in [7, 11) is -2.87. The predicted octanol–water partition coefficient (Wildman–Crippen LogP) is 1.37. The smallest absolute Gasteiger partial charge is 0.152 e. The monoisotopic (exact) mass is 310 g/mol. The van der Waals surface area contributed by atoms with E-state index in [0.29, 0.717) is 6.42 Å². The molecule has 1 aromatic rings. The van der Waals surface area contributed by atoms with Gasteiger partial charge in [0, 0.05) is 25.2 Å². The van der Waals surface area contributed by atoms with Crippen molar-refractivity contribution in [3.63, 3.8) is 0 Å². The minimum absolute atomic E-state index is 0.0292. The van der Waals surface area contributed by atoms with Crippen molar-refractivity contribution < 1.29 is 8.42 Å². The first-order valence-electron chi connectivity index (χ1n) is 7.59. The van der Waals surface area contributed by atoms with Crippen molar-refractivity contribution in [1.82, 2.24) is 9.97 Å². The van der Waals surface area contributed by atoms with Gasteiger partial charge in [0.1, 0.15) is 17.5 Å². The first kappa shape index (κ1) is 14.6. The van der Waals surface area contributed by atoms with Crippen LogP contribution in [-0.2, 0) is 9.84 Å². The zero-order valence-corrected chi connectivity index (χ0v) is 13.2. The molecule has 0 amide bonds. The normalized spacial score (nSPS) is 25.0. The molecule has 0 aromatic carbocycles. The molecule has 21 heavy (non-hydrogen) atoms. The molecule has 7 heteroatoms. The maximum absolute atomic E-state index is 11.5. The number of hydrogen-bond donors (Lipinski definition) is 1. The highest BCUT2D eigenvalue weighted by molar-refractivity contribution is 7.91. The van der Waals surface area contributed by atoms with Gasteiger partial charge in [0.05, 0.1) is 11.5 Å². The highest BCUT2D eigenvalue weighted by atomic mass is 32.2. The Balaban J connectivity index is 1.75. The molecule has 116 valence electrons. The summed E-state index contributed by atoms with van der Waals surface area (Å²) in [4.78, 5) is 11.2. The molecule has 0 bridgehead atoms. The second-order valence-corrected chi connectivity index (χ2v) is 8.18. The lowest BCUT2D eigenvalue weighted by Crippen LogP contribution is -2.30. The van der Waals surface area contributed by atoms with E-state index >= 15 is 0 Å².